The Morgan fingerprint density at radius 1 is 0.818 bits per heavy atom. The first-order chi connectivity index (χ1) is 10.4. The second-order valence-electron chi connectivity index (χ2n) is 6.30. The molecule has 0 saturated carbocycles. The zero-order valence-electron chi connectivity index (χ0n) is 13.3. The molecule has 0 saturated heterocycles. The van der Waals surface area contributed by atoms with Gasteiger partial charge in [-0.2, -0.15) is 0 Å². The fraction of sp³-hybridized carbons (Fsp3) is 0.263. The van der Waals surface area contributed by atoms with Gasteiger partial charge in [-0.1, -0.05) is 0 Å². The summed E-state index contributed by atoms with van der Waals surface area (Å²) in [6.07, 6.45) is 2.29. The van der Waals surface area contributed by atoms with Gasteiger partial charge in [-0.3, -0.25) is 0 Å². The van der Waals surface area contributed by atoms with Crippen LogP contribution < -0.4 is 0 Å². The van der Waals surface area contributed by atoms with Crippen LogP contribution in [0.4, 0.5) is 0 Å². The third-order valence-electron chi connectivity index (χ3n) is 4.25. The molecule has 1 aliphatic carbocycles. The molecule has 0 N–H and O–H groups in total. The van der Waals surface area contributed by atoms with Crippen molar-refractivity contribution in [2.45, 2.75) is 31.3 Å². The fourth-order valence-corrected chi connectivity index (χ4v) is 9.08. The summed E-state index contributed by atoms with van der Waals surface area (Å²) >= 11 is -2.37. The molecule has 3 rings (SSSR count). The molecule has 22 heavy (non-hydrogen) atoms. The predicted octanol–water partition coefficient (Wildman–Crippen LogP) is 6.66. The zero-order valence-corrected chi connectivity index (χ0v) is 17.3. The number of benzene rings is 2. The maximum absolute atomic E-state index is 6.43. The average molecular weight is 409 g/mol. The molecule has 0 heterocycles. The summed E-state index contributed by atoms with van der Waals surface area (Å²) in [4.78, 5) is 0. The average Bonchev–Trinajstić information content (AvgIpc) is 2.72. The first-order valence-corrected chi connectivity index (χ1v) is 15.2. The van der Waals surface area contributed by atoms with Gasteiger partial charge in [0.1, 0.15) is 0 Å². The topological polar surface area (TPSA) is 0 Å². The van der Waals surface area contributed by atoms with Crippen LogP contribution >= 0.6 is 17.0 Å². The van der Waals surface area contributed by atoms with Gasteiger partial charge < -0.3 is 0 Å². The second-order valence-corrected chi connectivity index (χ2v) is 15.1. The Morgan fingerprint density at radius 3 is 2.00 bits per heavy atom. The number of halogens is 2. The van der Waals surface area contributed by atoms with Crippen molar-refractivity contribution in [3.8, 4) is 11.1 Å². The summed E-state index contributed by atoms with van der Waals surface area (Å²) in [5.41, 5.74) is 10.4. The third-order valence-corrected chi connectivity index (χ3v) is 9.78. The number of fused-ring (bicyclic) bond motifs is 1. The van der Waals surface area contributed by atoms with E-state index in [-0.39, 0.29) is 0 Å². The number of aryl methyl sites for hydroxylation is 3. The van der Waals surface area contributed by atoms with Crippen LogP contribution in [0.25, 0.3) is 17.2 Å². The standard InChI is InChI=1S/C19H19.2ClH.Zr/c1-12-5-13(2)7-16(6-12)18-10-14(3)8-17-9-15(4)11-19(17)18;;;/h5-11H,1-4H3;2*1H;/q;;;+2/p-2. The van der Waals surface area contributed by atoms with Gasteiger partial charge in [0, 0.05) is 0 Å². The van der Waals surface area contributed by atoms with E-state index in [2.05, 4.69) is 64.1 Å². The molecule has 0 radical (unpaired) electrons. The van der Waals surface area contributed by atoms with Gasteiger partial charge >= 0.3 is 149 Å². The summed E-state index contributed by atoms with van der Waals surface area (Å²) in [6, 6.07) is 11.3. The Bertz CT molecular complexity index is 755. The first-order valence-electron chi connectivity index (χ1n) is 7.46. The predicted molar refractivity (Wildman–Crippen MR) is 94.2 cm³/mol. The molecule has 0 bridgehead atoms. The molecular weight excluding hydrogens is 390 g/mol. The minimum atomic E-state index is -2.37. The number of allylic oxidation sites excluding steroid dienone is 1. The summed E-state index contributed by atoms with van der Waals surface area (Å²) in [6.45, 7) is 8.62. The molecule has 2 aromatic rings. The summed E-state index contributed by atoms with van der Waals surface area (Å²) < 4.78 is 0.297. The molecule has 0 amide bonds. The Hall–Kier alpha value is -0.357. The van der Waals surface area contributed by atoms with E-state index < -0.39 is 19.4 Å². The summed E-state index contributed by atoms with van der Waals surface area (Å²) in [5, 5.41) is 0. The summed E-state index contributed by atoms with van der Waals surface area (Å²) in [7, 11) is 12.9. The molecule has 0 spiro atoms. The van der Waals surface area contributed by atoms with Gasteiger partial charge in [0.05, 0.1) is 0 Å². The number of rotatable bonds is 2. The van der Waals surface area contributed by atoms with Crippen LogP contribution in [-0.2, 0) is 19.4 Å². The van der Waals surface area contributed by atoms with Crippen molar-refractivity contribution < 1.29 is 19.4 Å². The van der Waals surface area contributed by atoms with E-state index in [4.69, 9.17) is 17.0 Å². The Morgan fingerprint density at radius 2 is 1.41 bits per heavy atom. The quantitative estimate of drug-likeness (QED) is 0.520. The molecule has 0 aliphatic heterocycles. The number of hydrogen-bond donors (Lipinski definition) is 0. The van der Waals surface area contributed by atoms with Crippen LogP contribution in [0.2, 0.25) is 0 Å². The van der Waals surface area contributed by atoms with Crippen LogP contribution in [0.1, 0.15) is 38.4 Å². The van der Waals surface area contributed by atoms with E-state index in [1.165, 1.54) is 44.5 Å². The number of hydrogen-bond acceptors (Lipinski definition) is 0. The molecule has 1 atom stereocenters. The van der Waals surface area contributed by atoms with Crippen LogP contribution in [0.3, 0.4) is 0 Å². The monoisotopic (exact) mass is 407 g/mol. The second kappa shape index (κ2) is 6.27. The molecule has 1 unspecified atom stereocenters. The van der Waals surface area contributed by atoms with Crippen molar-refractivity contribution in [1.82, 2.24) is 0 Å². The van der Waals surface area contributed by atoms with Gasteiger partial charge in [-0.05, 0) is 0 Å². The van der Waals surface area contributed by atoms with Crippen LogP contribution in [-0.4, -0.2) is 0 Å². The molecule has 113 valence electrons. The van der Waals surface area contributed by atoms with Gasteiger partial charge in [0.15, 0.2) is 0 Å². The fourth-order valence-electron chi connectivity index (χ4n) is 3.44. The van der Waals surface area contributed by atoms with Gasteiger partial charge in [0.25, 0.3) is 0 Å². The van der Waals surface area contributed by atoms with E-state index in [0.717, 1.165) is 0 Å². The molecule has 0 fully saturated rings. The minimum absolute atomic E-state index is 0.297. The zero-order chi connectivity index (χ0) is 16.0. The SMILES string of the molecule is CC1=Cc2c(-c3cc(C)cc(C)c3)cc(C)cc2[CH]1[Zr]([Cl])[Cl]. The third kappa shape index (κ3) is 3.01. The van der Waals surface area contributed by atoms with Gasteiger partial charge in [-0.15, -0.1) is 0 Å². The van der Waals surface area contributed by atoms with Crippen molar-refractivity contribution >= 4 is 23.1 Å². The Kier molecular flexibility index (Phi) is 4.70. The molecule has 0 nitrogen and oxygen atoms in total. The van der Waals surface area contributed by atoms with E-state index >= 15 is 0 Å². The van der Waals surface area contributed by atoms with E-state index in [0.29, 0.717) is 3.63 Å². The normalized spacial score (nSPS) is 16.5. The van der Waals surface area contributed by atoms with Crippen molar-refractivity contribution in [1.29, 1.82) is 0 Å². The molecule has 2 aromatic carbocycles. The van der Waals surface area contributed by atoms with E-state index in [9.17, 15) is 0 Å². The molecule has 0 aromatic heterocycles. The maximum atomic E-state index is 6.43. The molecule has 1 aliphatic rings. The van der Waals surface area contributed by atoms with Gasteiger partial charge in [-0.25, -0.2) is 0 Å². The van der Waals surface area contributed by atoms with Crippen molar-refractivity contribution in [2.75, 3.05) is 0 Å². The first kappa shape index (κ1) is 16.5. The Balaban J connectivity index is 2.25. The van der Waals surface area contributed by atoms with E-state index in [1.54, 1.807) is 0 Å². The van der Waals surface area contributed by atoms with Crippen molar-refractivity contribution in [3.05, 3.63) is 63.7 Å². The van der Waals surface area contributed by atoms with Crippen LogP contribution in [0, 0.1) is 20.8 Å². The molecular formula is C19H19Cl2Zr. The van der Waals surface area contributed by atoms with Crippen molar-refractivity contribution in [2.24, 2.45) is 0 Å². The van der Waals surface area contributed by atoms with Gasteiger partial charge in [0.2, 0.25) is 0 Å². The van der Waals surface area contributed by atoms with Crippen molar-refractivity contribution in [3.63, 3.8) is 0 Å². The summed E-state index contributed by atoms with van der Waals surface area (Å²) in [5.74, 6) is 0. The van der Waals surface area contributed by atoms with Crippen LogP contribution in [0.5, 0.6) is 0 Å². The molecule has 3 heteroatoms. The Labute approximate surface area is 147 Å². The van der Waals surface area contributed by atoms with Crippen LogP contribution in [0.15, 0.2) is 35.9 Å². The van der Waals surface area contributed by atoms with E-state index in [1.807, 2.05) is 0 Å².